The van der Waals surface area contributed by atoms with E-state index < -0.39 is 5.60 Å². The van der Waals surface area contributed by atoms with Crippen molar-refractivity contribution in [1.82, 2.24) is 4.90 Å². The van der Waals surface area contributed by atoms with Crippen LogP contribution < -0.4 is 9.64 Å². The largest absolute Gasteiger partial charge is 0.489 e. The third-order valence-electron chi connectivity index (χ3n) is 6.73. The van der Waals surface area contributed by atoms with Crippen LogP contribution in [0.2, 0.25) is 0 Å². The van der Waals surface area contributed by atoms with Gasteiger partial charge in [0.05, 0.1) is 6.10 Å². The fraction of sp³-hybridized carbons (Fsp3) is 0.552. The Balaban J connectivity index is 1.13. The van der Waals surface area contributed by atoms with E-state index >= 15 is 0 Å². The SMILES string of the molecule is CC(C)(C)OC(=O)N1CCC(COC2CCN(c3ccc(OCc4ccccc4)cc3)CC2)CC1. The van der Waals surface area contributed by atoms with E-state index in [0.29, 0.717) is 18.6 Å². The van der Waals surface area contributed by atoms with Crippen LogP contribution >= 0.6 is 0 Å². The predicted molar refractivity (Wildman–Crippen MR) is 139 cm³/mol. The van der Waals surface area contributed by atoms with E-state index in [1.54, 1.807) is 0 Å². The van der Waals surface area contributed by atoms with E-state index in [2.05, 4.69) is 41.3 Å². The Morgan fingerprint density at radius 3 is 2.17 bits per heavy atom. The number of piperidine rings is 2. The van der Waals surface area contributed by atoms with Gasteiger partial charge < -0.3 is 24.0 Å². The maximum atomic E-state index is 12.2. The third-order valence-corrected chi connectivity index (χ3v) is 6.73. The Morgan fingerprint density at radius 1 is 0.886 bits per heavy atom. The summed E-state index contributed by atoms with van der Waals surface area (Å²) in [4.78, 5) is 16.5. The predicted octanol–water partition coefficient (Wildman–Crippen LogP) is 5.90. The van der Waals surface area contributed by atoms with Crippen molar-refractivity contribution in [2.75, 3.05) is 37.7 Å². The second kappa shape index (κ2) is 11.8. The number of likely N-dealkylation sites (tertiary alicyclic amines) is 1. The average molecular weight is 481 g/mol. The van der Waals surface area contributed by atoms with Crippen LogP contribution in [0.15, 0.2) is 54.6 Å². The van der Waals surface area contributed by atoms with Crippen molar-refractivity contribution >= 4 is 11.8 Å². The van der Waals surface area contributed by atoms with Crippen LogP contribution in [0.3, 0.4) is 0 Å². The van der Waals surface area contributed by atoms with Gasteiger partial charge in [0.2, 0.25) is 0 Å². The molecule has 2 aromatic carbocycles. The number of rotatable bonds is 7. The number of hydrogen-bond acceptors (Lipinski definition) is 5. The molecule has 2 aromatic rings. The van der Waals surface area contributed by atoms with Crippen molar-refractivity contribution in [3.05, 3.63) is 60.2 Å². The molecule has 2 aliphatic rings. The van der Waals surface area contributed by atoms with Gasteiger partial charge in [0.25, 0.3) is 0 Å². The van der Waals surface area contributed by atoms with Gasteiger partial charge in [0, 0.05) is 38.5 Å². The van der Waals surface area contributed by atoms with Gasteiger partial charge in [-0.3, -0.25) is 0 Å². The van der Waals surface area contributed by atoms with E-state index in [4.69, 9.17) is 14.2 Å². The Morgan fingerprint density at radius 2 is 1.54 bits per heavy atom. The number of carbonyl (C=O) groups excluding carboxylic acids is 1. The highest BCUT2D eigenvalue weighted by Gasteiger charge is 2.28. The molecule has 190 valence electrons. The molecule has 0 atom stereocenters. The quantitative estimate of drug-likeness (QED) is 0.494. The summed E-state index contributed by atoms with van der Waals surface area (Å²) < 4.78 is 17.7. The molecule has 2 saturated heterocycles. The Hall–Kier alpha value is -2.73. The lowest BCUT2D eigenvalue weighted by Gasteiger charge is -2.36. The number of nitrogens with zero attached hydrogens (tertiary/aromatic N) is 2. The Labute approximate surface area is 210 Å². The van der Waals surface area contributed by atoms with E-state index in [9.17, 15) is 4.79 Å². The zero-order chi connectivity index (χ0) is 24.7. The van der Waals surface area contributed by atoms with Gasteiger partial charge in [-0.25, -0.2) is 4.79 Å². The highest BCUT2D eigenvalue weighted by atomic mass is 16.6. The Kier molecular flexibility index (Phi) is 8.55. The second-order valence-corrected chi connectivity index (χ2v) is 10.7. The van der Waals surface area contributed by atoms with Gasteiger partial charge >= 0.3 is 6.09 Å². The van der Waals surface area contributed by atoms with Crippen molar-refractivity contribution in [2.24, 2.45) is 5.92 Å². The minimum Gasteiger partial charge on any atom is -0.489 e. The molecule has 0 saturated carbocycles. The van der Waals surface area contributed by atoms with Crippen molar-refractivity contribution in [3.63, 3.8) is 0 Å². The normalized spacial score (nSPS) is 17.9. The fourth-order valence-electron chi connectivity index (χ4n) is 4.66. The van der Waals surface area contributed by atoms with Gasteiger partial charge in [0.15, 0.2) is 0 Å². The van der Waals surface area contributed by atoms with Crippen LogP contribution in [-0.2, 0) is 16.1 Å². The van der Waals surface area contributed by atoms with E-state index in [-0.39, 0.29) is 6.09 Å². The summed E-state index contributed by atoms with van der Waals surface area (Å²) in [6.07, 6.45) is 4.18. The molecule has 2 heterocycles. The first-order valence-corrected chi connectivity index (χ1v) is 13.0. The van der Waals surface area contributed by atoms with Crippen LogP contribution in [0.25, 0.3) is 0 Å². The van der Waals surface area contributed by atoms with Crippen LogP contribution in [-0.4, -0.2) is 55.5 Å². The molecule has 2 aliphatic heterocycles. The average Bonchev–Trinajstić information content (AvgIpc) is 2.87. The third kappa shape index (κ3) is 7.89. The van der Waals surface area contributed by atoms with Gasteiger partial charge in [-0.1, -0.05) is 30.3 Å². The lowest BCUT2D eigenvalue weighted by molar-refractivity contribution is -0.00836. The molecule has 4 rings (SSSR count). The van der Waals surface area contributed by atoms with E-state index in [1.807, 2.05) is 43.9 Å². The lowest BCUT2D eigenvalue weighted by atomic mass is 9.97. The number of anilines is 1. The zero-order valence-corrected chi connectivity index (χ0v) is 21.4. The number of hydrogen-bond donors (Lipinski definition) is 0. The van der Waals surface area contributed by atoms with Crippen molar-refractivity contribution in [1.29, 1.82) is 0 Å². The highest BCUT2D eigenvalue weighted by molar-refractivity contribution is 5.68. The maximum Gasteiger partial charge on any atom is 0.410 e. The van der Waals surface area contributed by atoms with Crippen molar-refractivity contribution in [3.8, 4) is 5.75 Å². The topological polar surface area (TPSA) is 51.2 Å². The molecule has 0 aliphatic carbocycles. The number of ether oxygens (including phenoxy) is 3. The first-order chi connectivity index (χ1) is 16.9. The summed E-state index contributed by atoms with van der Waals surface area (Å²) >= 11 is 0. The van der Waals surface area contributed by atoms with E-state index in [0.717, 1.165) is 64.2 Å². The standard InChI is InChI=1S/C29H40N2O4/c1-29(2,3)35-28(32)31-17-13-24(14-18-31)22-34-27-15-19-30(20-16-27)25-9-11-26(12-10-25)33-21-23-7-5-4-6-8-23/h4-12,24,27H,13-22H2,1-3H3. The summed E-state index contributed by atoms with van der Waals surface area (Å²) in [6.45, 7) is 10.6. The smallest absolute Gasteiger partial charge is 0.410 e. The molecule has 0 radical (unpaired) electrons. The highest BCUT2D eigenvalue weighted by Crippen LogP contribution is 2.26. The fourth-order valence-corrected chi connectivity index (χ4v) is 4.66. The maximum absolute atomic E-state index is 12.2. The Bertz CT molecular complexity index is 910. The molecule has 0 spiro atoms. The van der Waals surface area contributed by atoms with Gasteiger partial charge in [-0.05, 0) is 82.2 Å². The molecule has 6 heteroatoms. The lowest BCUT2D eigenvalue weighted by Crippen LogP contribution is -2.43. The van der Waals surface area contributed by atoms with E-state index in [1.165, 1.54) is 11.3 Å². The molecule has 0 unspecified atom stereocenters. The molecule has 0 N–H and O–H groups in total. The molecular weight excluding hydrogens is 440 g/mol. The summed E-state index contributed by atoms with van der Waals surface area (Å²) in [6, 6.07) is 18.7. The number of amides is 1. The first-order valence-electron chi connectivity index (χ1n) is 13.0. The number of carbonyl (C=O) groups is 1. The summed E-state index contributed by atoms with van der Waals surface area (Å²) in [5, 5.41) is 0. The zero-order valence-electron chi connectivity index (χ0n) is 21.4. The van der Waals surface area contributed by atoms with Crippen molar-refractivity contribution < 1.29 is 19.0 Å². The van der Waals surface area contributed by atoms with Crippen molar-refractivity contribution in [2.45, 2.75) is 64.8 Å². The molecule has 0 bridgehead atoms. The van der Waals surface area contributed by atoms with Crippen LogP contribution in [0.4, 0.5) is 10.5 Å². The van der Waals surface area contributed by atoms with Crippen LogP contribution in [0, 0.1) is 5.92 Å². The second-order valence-electron chi connectivity index (χ2n) is 10.7. The van der Waals surface area contributed by atoms with Gasteiger partial charge in [-0.15, -0.1) is 0 Å². The van der Waals surface area contributed by atoms with Crippen LogP contribution in [0.1, 0.15) is 52.0 Å². The minimum atomic E-state index is -0.440. The van der Waals surface area contributed by atoms with Gasteiger partial charge in [-0.2, -0.15) is 0 Å². The molecule has 0 aromatic heterocycles. The molecule has 35 heavy (non-hydrogen) atoms. The summed E-state index contributed by atoms with van der Waals surface area (Å²) in [7, 11) is 0. The molecule has 1 amide bonds. The minimum absolute atomic E-state index is 0.194. The van der Waals surface area contributed by atoms with Gasteiger partial charge in [0.1, 0.15) is 18.0 Å². The number of benzene rings is 2. The monoisotopic (exact) mass is 480 g/mol. The molecule has 2 fully saturated rings. The molecular formula is C29H40N2O4. The summed E-state index contributed by atoms with van der Waals surface area (Å²) in [5.74, 6) is 1.42. The van der Waals surface area contributed by atoms with Crippen LogP contribution in [0.5, 0.6) is 5.75 Å². The first kappa shape index (κ1) is 25.4. The summed E-state index contributed by atoms with van der Waals surface area (Å²) in [5.41, 5.74) is 1.97. The molecule has 6 nitrogen and oxygen atoms in total.